The highest BCUT2D eigenvalue weighted by Crippen LogP contribution is 2.25. The second kappa shape index (κ2) is 8.97. The summed E-state index contributed by atoms with van der Waals surface area (Å²) < 4.78 is 0. The molecular formula is C17H38N2. The fourth-order valence-corrected chi connectivity index (χ4v) is 2.69. The quantitative estimate of drug-likeness (QED) is 0.641. The molecule has 116 valence electrons. The van der Waals surface area contributed by atoms with Gasteiger partial charge in [-0.1, -0.05) is 48.0 Å². The summed E-state index contributed by atoms with van der Waals surface area (Å²) in [5, 5.41) is 3.64. The van der Waals surface area contributed by atoms with E-state index in [0.29, 0.717) is 17.5 Å². The predicted molar refractivity (Wildman–Crippen MR) is 87.7 cm³/mol. The van der Waals surface area contributed by atoms with Crippen molar-refractivity contribution < 1.29 is 0 Å². The Hall–Kier alpha value is -0.0800. The summed E-state index contributed by atoms with van der Waals surface area (Å²) in [6.07, 6.45) is 2.57. The molecule has 1 N–H and O–H groups in total. The van der Waals surface area contributed by atoms with Crippen molar-refractivity contribution in [3.8, 4) is 0 Å². The molecule has 0 aromatic rings. The molecule has 1 atom stereocenters. The van der Waals surface area contributed by atoms with Crippen LogP contribution in [0.1, 0.15) is 68.2 Å². The summed E-state index contributed by atoms with van der Waals surface area (Å²) in [7, 11) is 0. The minimum Gasteiger partial charge on any atom is -0.314 e. The Morgan fingerprint density at radius 3 is 2.00 bits per heavy atom. The lowest BCUT2D eigenvalue weighted by Gasteiger charge is -2.39. The normalized spacial score (nSPS) is 15.8. The van der Waals surface area contributed by atoms with Gasteiger partial charge in [0.2, 0.25) is 0 Å². The maximum atomic E-state index is 3.64. The lowest BCUT2D eigenvalue weighted by Crippen LogP contribution is -2.47. The third kappa shape index (κ3) is 8.65. The molecule has 0 aromatic carbocycles. The molecule has 0 aromatic heterocycles. The lowest BCUT2D eigenvalue weighted by molar-refractivity contribution is 0.109. The zero-order valence-corrected chi connectivity index (χ0v) is 14.7. The SMILES string of the molecule is CCCC(C)(CNC(C)C)CN(CC(C)C)C(C)C. The first kappa shape index (κ1) is 18.9. The summed E-state index contributed by atoms with van der Waals surface area (Å²) in [6, 6.07) is 1.21. The van der Waals surface area contributed by atoms with Gasteiger partial charge in [-0.25, -0.2) is 0 Å². The lowest BCUT2D eigenvalue weighted by atomic mass is 9.84. The van der Waals surface area contributed by atoms with Gasteiger partial charge in [-0.05, 0) is 31.6 Å². The Morgan fingerprint density at radius 2 is 1.63 bits per heavy atom. The molecule has 2 heteroatoms. The molecule has 0 amide bonds. The van der Waals surface area contributed by atoms with E-state index in [1.807, 2.05) is 0 Å². The van der Waals surface area contributed by atoms with Gasteiger partial charge in [-0.2, -0.15) is 0 Å². The van der Waals surface area contributed by atoms with Crippen LogP contribution in [0, 0.1) is 11.3 Å². The maximum absolute atomic E-state index is 3.64. The van der Waals surface area contributed by atoms with Gasteiger partial charge in [0.05, 0.1) is 0 Å². The number of nitrogens with one attached hydrogen (secondary N) is 1. The van der Waals surface area contributed by atoms with Gasteiger partial charge in [0.25, 0.3) is 0 Å². The minimum absolute atomic E-state index is 0.387. The van der Waals surface area contributed by atoms with Crippen LogP contribution in [-0.4, -0.2) is 36.6 Å². The molecule has 0 saturated heterocycles. The van der Waals surface area contributed by atoms with Crippen molar-refractivity contribution in [1.29, 1.82) is 0 Å². The Morgan fingerprint density at radius 1 is 1.05 bits per heavy atom. The molecule has 0 rings (SSSR count). The van der Waals surface area contributed by atoms with Crippen molar-refractivity contribution >= 4 is 0 Å². The highest BCUT2D eigenvalue weighted by Gasteiger charge is 2.27. The van der Waals surface area contributed by atoms with Crippen LogP contribution in [0.2, 0.25) is 0 Å². The summed E-state index contributed by atoms with van der Waals surface area (Å²) in [5.74, 6) is 0.742. The van der Waals surface area contributed by atoms with Crippen molar-refractivity contribution in [3.63, 3.8) is 0 Å². The van der Waals surface area contributed by atoms with Gasteiger partial charge in [0.15, 0.2) is 0 Å². The molecule has 0 saturated carbocycles. The third-order valence-electron chi connectivity index (χ3n) is 3.71. The molecule has 19 heavy (non-hydrogen) atoms. The molecule has 1 unspecified atom stereocenters. The minimum atomic E-state index is 0.387. The number of nitrogens with zero attached hydrogens (tertiary/aromatic N) is 1. The molecule has 0 bridgehead atoms. The zero-order valence-electron chi connectivity index (χ0n) is 14.7. The molecular weight excluding hydrogens is 232 g/mol. The van der Waals surface area contributed by atoms with Crippen molar-refractivity contribution in [2.24, 2.45) is 11.3 Å². The van der Waals surface area contributed by atoms with Gasteiger partial charge in [-0.3, -0.25) is 0 Å². The van der Waals surface area contributed by atoms with Crippen LogP contribution in [0.3, 0.4) is 0 Å². The number of hydrogen-bond acceptors (Lipinski definition) is 2. The molecule has 0 aliphatic carbocycles. The average Bonchev–Trinajstić information content (AvgIpc) is 2.25. The van der Waals surface area contributed by atoms with Crippen LogP contribution >= 0.6 is 0 Å². The van der Waals surface area contributed by atoms with Crippen molar-refractivity contribution in [2.45, 2.75) is 80.3 Å². The molecule has 0 aliphatic rings. The van der Waals surface area contributed by atoms with E-state index in [1.54, 1.807) is 0 Å². The highest BCUT2D eigenvalue weighted by molar-refractivity contribution is 4.83. The van der Waals surface area contributed by atoms with E-state index in [0.717, 1.165) is 12.5 Å². The van der Waals surface area contributed by atoms with Crippen molar-refractivity contribution in [1.82, 2.24) is 10.2 Å². The summed E-state index contributed by atoms with van der Waals surface area (Å²) >= 11 is 0. The van der Waals surface area contributed by atoms with E-state index in [2.05, 4.69) is 65.6 Å². The number of hydrogen-bond donors (Lipinski definition) is 1. The van der Waals surface area contributed by atoms with Gasteiger partial charge < -0.3 is 10.2 Å². The van der Waals surface area contributed by atoms with Gasteiger partial charge in [-0.15, -0.1) is 0 Å². The van der Waals surface area contributed by atoms with E-state index < -0.39 is 0 Å². The van der Waals surface area contributed by atoms with Gasteiger partial charge >= 0.3 is 0 Å². The van der Waals surface area contributed by atoms with Crippen LogP contribution < -0.4 is 5.32 Å². The monoisotopic (exact) mass is 270 g/mol. The Balaban J connectivity index is 4.65. The van der Waals surface area contributed by atoms with Gasteiger partial charge in [0.1, 0.15) is 0 Å². The van der Waals surface area contributed by atoms with Crippen LogP contribution in [0.4, 0.5) is 0 Å². The van der Waals surface area contributed by atoms with Crippen LogP contribution in [0.25, 0.3) is 0 Å². The Labute approximate surface area is 122 Å². The predicted octanol–water partition coefficient (Wildman–Crippen LogP) is 4.16. The first-order valence-corrected chi connectivity index (χ1v) is 8.17. The fraction of sp³-hybridized carbons (Fsp3) is 1.00. The smallest absolute Gasteiger partial charge is 0.00503 e. The topological polar surface area (TPSA) is 15.3 Å². The summed E-state index contributed by atoms with van der Waals surface area (Å²) in [4.78, 5) is 2.66. The number of rotatable bonds is 10. The highest BCUT2D eigenvalue weighted by atomic mass is 15.2. The largest absolute Gasteiger partial charge is 0.314 e. The van der Waals surface area contributed by atoms with Crippen molar-refractivity contribution in [2.75, 3.05) is 19.6 Å². The standard InChI is InChI=1S/C17H38N2/c1-9-10-17(8,12-18-15(4)5)13-19(16(6)7)11-14(2)3/h14-16,18H,9-13H2,1-8H3. The van der Waals surface area contributed by atoms with E-state index in [-0.39, 0.29) is 0 Å². The molecule has 0 radical (unpaired) electrons. The zero-order chi connectivity index (χ0) is 15.1. The van der Waals surface area contributed by atoms with Crippen LogP contribution in [-0.2, 0) is 0 Å². The molecule has 0 heterocycles. The van der Waals surface area contributed by atoms with Crippen LogP contribution in [0.5, 0.6) is 0 Å². The molecule has 0 aliphatic heterocycles. The van der Waals surface area contributed by atoms with E-state index >= 15 is 0 Å². The Kier molecular flexibility index (Phi) is 8.93. The fourth-order valence-electron chi connectivity index (χ4n) is 2.69. The summed E-state index contributed by atoms with van der Waals surface area (Å²) in [6.45, 7) is 22.0. The first-order valence-electron chi connectivity index (χ1n) is 8.17. The van der Waals surface area contributed by atoms with E-state index in [9.17, 15) is 0 Å². The second-order valence-electron chi connectivity index (χ2n) is 7.51. The van der Waals surface area contributed by atoms with E-state index in [1.165, 1.54) is 25.9 Å². The first-order chi connectivity index (χ1) is 8.70. The Bertz CT molecular complexity index is 223. The third-order valence-corrected chi connectivity index (χ3v) is 3.71. The average molecular weight is 271 g/mol. The second-order valence-corrected chi connectivity index (χ2v) is 7.51. The van der Waals surface area contributed by atoms with Crippen LogP contribution in [0.15, 0.2) is 0 Å². The molecule has 0 fully saturated rings. The summed E-state index contributed by atoms with van der Waals surface area (Å²) in [5.41, 5.74) is 0.387. The van der Waals surface area contributed by atoms with E-state index in [4.69, 9.17) is 0 Å². The maximum Gasteiger partial charge on any atom is 0.00503 e. The van der Waals surface area contributed by atoms with Crippen molar-refractivity contribution in [3.05, 3.63) is 0 Å². The van der Waals surface area contributed by atoms with Gasteiger partial charge in [0, 0.05) is 31.7 Å². The molecule has 0 spiro atoms. The molecule has 2 nitrogen and oxygen atoms in total.